The van der Waals surface area contributed by atoms with Crippen LogP contribution in [0.25, 0.3) is 0 Å². The maximum Gasteiger partial charge on any atom is 0.123 e. The molecule has 1 atom stereocenters. The number of halogens is 3. The molecule has 0 N–H and O–H groups in total. The minimum absolute atomic E-state index is 0.116. The lowest BCUT2D eigenvalue weighted by molar-refractivity contribution is 0.410. The van der Waals surface area contributed by atoms with Crippen molar-refractivity contribution >= 4 is 31.9 Å². The molecule has 100 valence electrons. The monoisotopic (exact) mass is 386 g/mol. The molecule has 2 aromatic rings. The van der Waals surface area contributed by atoms with Gasteiger partial charge in [-0.3, -0.25) is 0 Å². The Balaban J connectivity index is 2.48. The number of aryl methyl sites for hydroxylation is 1. The van der Waals surface area contributed by atoms with Crippen LogP contribution in [-0.2, 0) is 0 Å². The normalized spacial score (nSPS) is 12.3. The Hall–Kier alpha value is -0.870. The summed E-state index contributed by atoms with van der Waals surface area (Å²) < 4.78 is 19.8. The topological polar surface area (TPSA) is 9.23 Å². The van der Waals surface area contributed by atoms with Gasteiger partial charge in [0.05, 0.1) is 11.9 Å². The Morgan fingerprint density at radius 1 is 1.16 bits per heavy atom. The summed E-state index contributed by atoms with van der Waals surface area (Å²) in [6.07, 6.45) is 0. The van der Waals surface area contributed by atoms with Crippen LogP contribution in [0.4, 0.5) is 4.39 Å². The molecule has 0 spiro atoms. The summed E-state index contributed by atoms with van der Waals surface area (Å²) >= 11 is 7.07. The van der Waals surface area contributed by atoms with Gasteiger partial charge in [-0.15, -0.1) is 0 Å². The number of methoxy groups -OCH3 is 1. The quantitative estimate of drug-likeness (QED) is 0.641. The van der Waals surface area contributed by atoms with E-state index in [1.807, 2.05) is 31.2 Å². The molecular weight excluding hydrogens is 375 g/mol. The summed E-state index contributed by atoms with van der Waals surface area (Å²) in [5, 5.41) is 0. The molecule has 2 aromatic carbocycles. The highest BCUT2D eigenvalue weighted by atomic mass is 79.9. The molecule has 0 aliphatic heterocycles. The minimum Gasteiger partial charge on any atom is -0.496 e. The van der Waals surface area contributed by atoms with E-state index in [0.717, 1.165) is 26.9 Å². The largest absolute Gasteiger partial charge is 0.496 e. The van der Waals surface area contributed by atoms with E-state index >= 15 is 0 Å². The second-order valence-corrected chi connectivity index (χ2v) is 6.14. The third-order valence-corrected chi connectivity index (χ3v) is 4.34. The first-order chi connectivity index (χ1) is 9.01. The Bertz CT molecular complexity index is 578. The van der Waals surface area contributed by atoms with Crippen LogP contribution in [-0.4, -0.2) is 7.11 Å². The molecule has 0 heterocycles. The van der Waals surface area contributed by atoms with E-state index in [2.05, 4.69) is 31.9 Å². The van der Waals surface area contributed by atoms with Crippen molar-refractivity contribution in [1.82, 2.24) is 0 Å². The van der Waals surface area contributed by atoms with E-state index < -0.39 is 0 Å². The molecule has 1 nitrogen and oxygen atoms in total. The highest BCUT2D eigenvalue weighted by Crippen LogP contribution is 2.38. The SMILES string of the molecule is COc1ccc(Br)cc1C(Br)c1cc(C)cc(F)c1. The first-order valence-corrected chi connectivity index (χ1v) is 7.46. The van der Waals surface area contributed by atoms with Gasteiger partial charge in [0.2, 0.25) is 0 Å². The second kappa shape index (κ2) is 6.06. The number of alkyl halides is 1. The Labute approximate surface area is 129 Å². The van der Waals surface area contributed by atoms with Crippen LogP contribution in [0.2, 0.25) is 0 Å². The van der Waals surface area contributed by atoms with E-state index in [4.69, 9.17) is 4.74 Å². The molecule has 2 rings (SSSR count). The maximum absolute atomic E-state index is 13.5. The van der Waals surface area contributed by atoms with Crippen molar-refractivity contribution in [2.24, 2.45) is 0 Å². The van der Waals surface area contributed by atoms with Crippen LogP contribution in [0.15, 0.2) is 40.9 Å². The second-order valence-electron chi connectivity index (χ2n) is 4.31. The van der Waals surface area contributed by atoms with Crippen molar-refractivity contribution in [3.8, 4) is 5.75 Å². The van der Waals surface area contributed by atoms with Crippen molar-refractivity contribution in [1.29, 1.82) is 0 Å². The van der Waals surface area contributed by atoms with Gasteiger partial charge in [-0.2, -0.15) is 0 Å². The first kappa shape index (κ1) is 14.5. The number of benzene rings is 2. The lowest BCUT2D eigenvalue weighted by Crippen LogP contribution is -1.98. The molecule has 0 aliphatic rings. The molecular formula is C15H13Br2FO. The number of hydrogen-bond donors (Lipinski definition) is 0. The van der Waals surface area contributed by atoms with Gasteiger partial charge in [0.1, 0.15) is 11.6 Å². The van der Waals surface area contributed by atoms with E-state index in [1.165, 1.54) is 12.1 Å². The smallest absolute Gasteiger partial charge is 0.123 e. The van der Waals surface area contributed by atoms with Crippen LogP contribution in [0.1, 0.15) is 21.5 Å². The minimum atomic E-state index is -0.228. The molecule has 0 saturated carbocycles. The van der Waals surface area contributed by atoms with Crippen LogP contribution in [0, 0.1) is 12.7 Å². The van der Waals surface area contributed by atoms with Crippen molar-refractivity contribution < 1.29 is 9.13 Å². The fourth-order valence-electron chi connectivity index (χ4n) is 1.99. The van der Waals surface area contributed by atoms with Crippen molar-refractivity contribution in [2.45, 2.75) is 11.8 Å². The van der Waals surface area contributed by atoms with Gasteiger partial charge in [-0.1, -0.05) is 37.9 Å². The van der Waals surface area contributed by atoms with Gasteiger partial charge in [-0.05, 0) is 48.4 Å². The van der Waals surface area contributed by atoms with Crippen molar-refractivity contribution in [3.05, 3.63) is 63.4 Å². The average molecular weight is 388 g/mol. The van der Waals surface area contributed by atoms with E-state index in [-0.39, 0.29) is 10.6 Å². The fraction of sp³-hybridized carbons (Fsp3) is 0.200. The molecule has 0 aromatic heterocycles. The molecule has 0 aliphatic carbocycles. The number of ether oxygens (including phenoxy) is 1. The number of rotatable bonds is 3. The van der Waals surface area contributed by atoms with Crippen LogP contribution < -0.4 is 4.74 Å². The lowest BCUT2D eigenvalue weighted by Gasteiger charge is -2.16. The van der Waals surface area contributed by atoms with Crippen LogP contribution in [0.5, 0.6) is 5.75 Å². The molecule has 19 heavy (non-hydrogen) atoms. The molecule has 0 fully saturated rings. The van der Waals surface area contributed by atoms with Gasteiger partial charge in [-0.25, -0.2) is 4.39 Å². The van der Waals surface area contributed by atoms with Crippen LogP contribution >= 0.6 is 31.9 Å². The Morgan fingerprint density at radius 2 is 1.89 bits per heavy atom. The predicted molar refractivity (Wildman–Crippen MR) is 82.6 cm³/mol. The highest BCUT2D eigenvalue weighted by molar-refractivity contribution is 9.10. The number of hydrogen-bond acceptors (Lipinski definition) is 1. The van der Waals surface area contributed by atoms with E-state index in [0.29, 0.717) is 0 Å². The first-order valence-electron chi connectivity index (χ1n) is 5.76. The summed E-state index contributed by atoms with van der Waals surface area (Å²) in [5.41, 5.74) is 2.73. The standard InChI is InChI=1S/C15H13Br2FO/c1-9-5-10(7-12(18)6-9)15(17)13-8-11(16)3-4-14(13)19-2/h3-8,15H,1-2H3. The van der Waals surface area contributed by atoms with Crippen LogP contribution in [0.3, 0.4) is 0 Å². The summed E-state index contributed by atoms with van der Waals surface area (Å²) in [7, 11) is 1.63. The summed E-state index contributed by atoms with van der Waals surface area (Å²) in [5.74, 6) is 0.542. The van der Waals surface area contributed by atoms with Gasteiger partial charge in [0, 0.05) is 10.0 Å². The van der Waals surface area contributed by atoms with E-state index in [9.17, 15) is 4.39 Å². The van der Waals surface area contributed by atoms with E-state index in [1.54, 1.807) is 7.11 Å². The molecule has 0 bridgehead atoms. The molecule has 0 radical (unpaired) electrons. The maximum atomic E-state index is 13.5. The fourth-order valence-corrected chi connectivity index (χ4v) is 2.99. The Morgan fingerprint density at radius 3 is 2.53 bits per heavy atom. The van der Waals surface area contributed by atoms with Gasteiger partial charge < -0.3 is 4.74 Å². The van der Waals surface area contributed by atoms with Gasteiger partial charge >= 0.3 is 0 Å². The van der Waals surface area contributed by atoms with Crippen molar-refractivity contribution in [3.63, 3.8) is 0 Å². The summed E-state index contributed by atoms with van der Waals surface area (Å²) in [6, 6.07) is 10.8. The Kier molecular flexibility index (Phi) is 4.63. The molecule has 0 saturated heterocycles. The summed E-state index contributed by atoms with van der Waals surface area (Å²) in [6.45, 7) is 1.88. The molecule has 0 amide bonds. The molecule has 1 unspecified atom stereocenters. The average Bonchev–Trinajstić information content (AvgIpc) is 2.36. The lowest BCUT2D eigenvalue weighted by atomic mass is 10.0. The van der Waals surface area contributed by atoms with Gasteiger partial charge in [0.15, 0.2) is 0 Å². The summed E-state index contributed by atoms with van der Waals surface area (Å²) in [4.78, 5) is -0.116. The molecule has 4 heteroatoms. The van der Waals surface area contributed by atoms with Crippen molar-refractivity contribution in [2.75, 3.05) is 7.11 Å². The third kappa shape index (κ3) is 3.37. The van der Waals surface area contributed by atoms with Gasteiger partial charge in [0.25, 0.3) is 0 Å². The highest BCUT2D eigenvalue weighted by Gasteiger charge is 2.16. The predicted octanol–water partition coefficient (Wildman–Crippen LogP) is 5.39. The third-order valence-electron chi connectivity index (χ3n) is 2.82. The zero-order chi connectivity index (χ0) is 14.0. The zero-order valence-electron chi connectivity index (χ0n) is 10.6. The zero-order valence-corrected chi connectivity index (χ0v) is 13.8.